The zero-order valence-corrected chi connectivity index (χ0v) is 17.6. The molecule has 2 aromatic carbocycles. The Morgan fingerprint density at radius 3 is 2.43 bits per heavy atom. The molecule has 0 saturated carbocycles. The van der Waals surface area contributed by atoms with Gasteiger partial charge in [-0.25, -0.2) is 0 Å². The van der Waals surface area contributed by atoms with Gasteiger partial charge in [-0.05, 0) is 47.7 Å². The van der Waals surface area contributed by atoms with Crippen molar-refractivity contribution in [1.29, 1.82) is 0 Å². The second-order valence-corrected chi connectivity index (χ2v) is 7.93. The number of aromatic nitrogens is 1. The molecule has 4 heteroatoms. The molecule has 1 aliphatic rings. The van der Waals surface area contributed by atoms with Crippen LogP contribution in [0.2, 0.25) is 0 Å². The van der Waals surface area contributed by atoms with E-state index in [4.69, 9.17) is 0 Å². The monoisotopic (exact) mass is 399 g/mol. The first-order chi connectivity index (χ1) is 14.7. The number of carbonyl (C=O) groups is 1. The van der Waals surface area contributed by atoms with Crippen molar-refractivity contribution >= 4 is 5.91 Å². The fourth-order valence-electron chi connectivity index (χ4n) is 4.34. The molecule has 1 saturated heterocycles. The molecule has 4 nitrogen and oxygen atoms in total. The molecule has 1 aliphatic heterocycles. The first kappa shape index (κ1) is 20.3. The van der Waals surface area contributed by atoms with Crippen LogP contribution in [0.3, 0.4) is 0 Å². The predicted molar refractivity (Wildman–Crippen MR) is 121 cm³/mol. The summed E-state index contributed by atoms with van der Waals surface area (Å²) in [5.41, 5.74) is 4.86. The molecule has 0 radical (unpaired) electrons. The van der Waals surface area contributed by atoms with Gasteiger partial charge in [0.15, 0.2) is 0 Å². The first-order valence-corrected chi connectivity index (χ1v) is 10.8. The van der Waals surface area contributed by atoms with Crippen molar-refractivity contribution in [3.8, 4) is 11.1 Å². The van der Waals surface area contributed by atoms with Crippen LogP contribution in [-0.4, -0.2) is 46.9 Å². The molecular formula is C26H29N3O. The summed E-state index contributed by atoms with van der Waals surface area (Å²) >= 11 is 0. The number of hydrogen-bond acceptors (Lipinski definition) is 3. The second kappa shape index (κ2) is 9.68. The molecule has 0 N–H and O–H groups in total. The summed E-state index contributed by atoms with van der Waals surface area (Å²) in [6.07, 6.45) is 4.39. The fraction of sp³-hybridized carbons (Fsp3) is 0.308. The molecule has 1 amide bonds. The number of pyridine rings is 1. The van der Waals surface area contributed by atoms with Crippen molar-refractivity contribution in [2.75, 3.05) is 26.2 Å². The average Bonchev–Trinajstić information content (AvgIpc) is 2.94. The van der Waals surface area contributed by atoms with Gasteiger partial charge in [0.05, 0.1) is 5.92 Å². The third-order valence-corrected chi connectivity index (χ3v) is 5.93. The summed E-state index contributed by atoms with van der Waals surface area (Å²) in [7, 11) is 0. The Kier molecular flexibility index (Phi) is 6.55. The number of rotatable bonds is 6. The zero-order valence-electron chi connectivity index (χ0n) is 17.6. The van der Waals surface area contributed by atoms with E-state index in [1.54, 1.807) is 0 Å². The van der Waals surface area contributed by atoms with Crippen molar-refractivity contribution in [3.05, 3.63) is 90.3 Å². The first-order valence-electron chi connectivity index (χ1n) is 10.8. The quantitative estimate of drug-likeness (QED) is 0.621. The highest BCUT2D eigenvalue weighted by molar-refractivity contribution is 5.80. The van der Waals surface area contributed by atoms with E-state index >= 15 is 0 Å². The van der Waals surface area contributed by atoms with E-state index in [9.17, 15) is 4.79 Å². The Morgan fingerprint density at radius 1 is 0.933 bits per heavy atom. The van der Waals surface area contributed by atoms with Gasteiger partial charge >= 0.3 is 0 Å². The Morgan fingerprint density at radius 2 is 1.67 bits per heavy atom. The number of amides is 1. The molecule has 1 fully saturated rings. The Balaban J connectivity index is 1.59. The normalized spacial score (nSPS) is 17.7. The Hall–Kier alpha value is -2.98. The lowest BCUT2D eigenvalue weighted by Crippen LogP contribution is -2.37. The van der Waals surface area contributed by atoms with E-state index in [0.717, 1.165) is 44.7 Å². The molecule has 0 bridgehead atoms. The van der Waals surface area contributed by atoms with Crippen LogP contribution in [0.1, 0.15) is 18.1 Å². The molecule has 30 heavy (non-hydrogen) atoms. The molecule has 1 atom stereocenters. The van der Waals surface area contributed by atoms with Gasteiger partial charge in [0.2, 0.25) is 5.91 Å². The maximum absolute atomic E-state index is 13.3. The number of carbonyl (C=O) groups excluding carboxylic acids is 1. The summed E-state index contributed by atoms with van der Waals surface area (Å²) in [6.45, 7) is 6.22. The van der Waals surface area contributed by atoms with E-state index in [-0.39, 0.29) is 11.8 Å². The molecule has 3 aromatic rings. The smallest absolute Gasteiger partial charge is 0.227 e. The van der Waals surface area contributed by atoms with E-state index in [1.165, 1.54) is 16.7 Å². The lowest BCUT2D eigenvalue weighted by atomic mass is 9.91. The number of likely N-dealkylation sites (N-methyl/N-ethyl adjacent to an activating group) is 1. The highest BCUT2D eigenvalue weighted by Gasteiger charge is 2.30. The summed E-state index contributed by atoms with van der Waals surface area (Å²) < 4.78 is 0. The van der Waals surface area contributed by atoms with Crippen LogP contribution in [0.15, 0.2) is 79.1 Å². The van der Waals surface area contributed by atoms with Gasteiger partial charge in [-0.15, -0.1) is 0 Å². The van der Waals surface area contributed by atoms with E-state index < -0.39 is 0 Å². The Bertz CT molecular complexity index is 958. The Labute approximate surface area is 179 Å². The summed E-state index contributed by atoms with van der Waals surface area (Å²) in [5.74, 6) is 0.233. The van der Waals surface area contributed by atoms with Crippen molar-refractivity contribution in [2.45, 2.75) is 19.9 Å². The van der Waals surface area contributed by atoms with Crippen molar-refractivity contribution in [2.24, 2.45) is 5.92 Å². The zero-order chi connectivity index (χ0) is 20.8. The highest BCUT2D eigenvalue weighted by Crippen LogP contribution is 2.27. The fourth-order valence-corrected chi connectivity index (χ4v) is 4.34. The van der Waals surface area contributed by atoms with E-state index in [1.807, 2.05) is 35.5 Å². The highest BCUT2D eigenvalue weighted by atomic mass is 16.2. The van der Waals surface area contributed by atoms with Crippen molar-refractivity contribution in [3.63, 3.8) is 0 Å². The van der Waals surface area contributed by atoms with Crippen LogP contribution in [0.5, 0.6) is 0 Å². The van der Waals surface area contributed by atoms with E-state index in [0.29, 0.717) is 0 Å². The minimum absolute atomic E-state index is 0.0425. The van der Waals surface area contributed by atoms with Gasteiger partial charge in [-0.2, -0.15) is 0 Å². The van der Waals surface area contributed by atoms with Crippen LogP contribution in [-0.2, 0) is 17.8 Å². The van der Waals surface area contributed by atoms with Crippen molar-refractivity contribution in [1.82, 2.24) is 14.8 Å². The van der Waals surface area contributed by atoms with Crippen LogP contribution in [0.25, 0.3) is 11.1 Å². The standard InChI is InChI=1S/C26H29N3O/c1-2-29-17-16-28(19-21-8-4-3-5-9-21)20-24(26(29)30)18-23-10-6-7-11-25(23)22-12-14-27-15-13-22/h3-15,24H,2,16-20H2,1H3. The predicted octanol–water partition coefficient (Wildman–Crippen LogP) is 4.27. The van der Waals surface area contributed by atoms with Gasteiger partial charge in [0.1, 0.15) is 0 Å². The largest absolute Gasteiger partial charge is 0.341 e. The SMILES string of the molecule is CCN1CCN(Cc2ccccc2)CC(Cc2ccccc2-c2ccncc2)C1=O. The maximum Gasteiger partial charge on any atom is 0.227 e. The molecule has 0 aliphatic carbocycles. The number of hydrogen-bond donors (Lipinski definition) is 0. The summed E-state index contributed by atoms with van der Waals surface area (Å²) in [4.78, 5) is 21.9. The summed E-state index contributed by atoms with van der Waals surface area (Å²) in [5, 5.41) is 0. The molecule has 1 aromatic heterocycles. The molecule has 1 unspecified atom stereocenters. The maximum atomic E-state index is 13.3. The average molecular weight is 400 g/mol. The van der Waals surface area contributed by atoms with Gasteiger partial charge < -0.3 is 4.90 Å². The van der Waals surface area contributed by atoms with Gasteiger partial charge in [-0.1, -0.05) is 54.6 Å². The lowest BCUT2D eigenvalue weighted by Gasteiger charge is -2.24. The minimum atomic E-state index is -0.0425. The molecule has 2 heterocycles. The molecule has 154 valence electrons. The van der Waals surface area contributed by atoms with Gasteiger partial charge in [0.25, 0.3) is 0 Å². The van der Waals surface area contributed by atoms with Crippen LogP contribution in [0, 0.1) is 5.92 Å². The van der Waals surface area contributed by atoms with Gasteiger partial charge in [-0.3, -0.25) is 14.7 Å². The van der Waals surface area contributed by atoms with Crippen LogP contribution < -0.4 is 0 Å². The molecule has 0 spiro atoms. The van der Waals surface area contributed by atoms with Gasteiger partial charge in [0, 0.05) is 45.1 Å². The topological polar surface area (TPSA) is 36.4 Å². The van der Waals surface area contributed by atoms with Crippen molar-refractivity contribution < 1.29 is 4.79 Å². The number of nitrogens with zero attached hydrogens (tertiary/aromatic N) is 3. The van der Waals surface area contributed by atoms with Crippen LogP contribution >= 0.6 is 0 Å². The number of benzene rings is 2. The van der Waals surface area contributed by atoms with Crippen LogP contribution in [0.4, 0.5) is 0 Å². The lowest BCUT2D eigenvalue weighted by molar-refractivity contribution is -0.134. The second-order valence-electron chi connectivity index (χ2n) is 7.93. The third-order valence-electron chi connectivity index (χ3n) is 5.93. The third kappa shape index (κ3) is 4.77. The molecule has 4 rings (SSSR count). The van der Waals surface area contributed by atoms with E-state index in [2.05, 4.69) is 65.3 Å². The molecular weight excluding hydrogens is 370 g/mol. The minimum Gasteiger partial charge on any atom is -0.341 e. The summed E-state index contributed by atoms with van der Waals surface area (Å²) in [6, 6.07) is 23.1.